The molecule has 2 saturated carbocycles. The normalized spacial score (nSPS) is 29.8. The summed E-state index contributed by atoms with van der Waals surface area (Å²) in [5, 5.41) is 21.9. The van der Waals surface area contributed by atoms with Crippen LogP contribution >= 0.6 is 0 Å². The van der Waals surface area contributed by atoms with E-state index in [1.54, 1.807) is 0 Å². The summed E-state index contributed by atoms with van der Waals surface area (Å²) in [7, 11) is 0. The van der Waals surface area contributed by atoms with Crippen LogP contribution in [-0.4, -0.2) is 60.1 Å². The molecule has 1 aliphatic heterocycles. The van der Waals surface area contributed by atoms with Gasteiger partial charge in [-0.1, -0.05) is 19.3 Å². The highest BCUT2D eigenvalue weighted by molar-refractivity contribution is 5.32. The van der Waals surface area contributed by atoms with E-state index in [1.165, 1.54) is 37.8 Å². The third-order valence-electron chi connectivity index (χ3n) is 7.15. The fourth-order valence-corrected chi connectivity index (χ4v) is 5.77. The second-order valence-electron chi connectivity index (χ2n) is 9.00. The van der Waals surface area contributed by atoms with E-state index in [0.29, 0.717) is 17.9 Å². The van der Waals surface area contributed by atoms with Gasteiger partial charge < -0.3 is 14.8 Å². The number of imidazole rings is 1. The molecule has 3 fully saturated rings. The molecule has 3 heterocycles. The molecule has 2 N–H and O–H groups in total. The first-order valence-corrected chi connectivity index (χ1v) is 11.2. The molecule has 0 bridgehead atoms. The molecule has 0 unspecified atom stereocenters. The van der Waals surface area contributed by atoms with E-state index < -0.39 is 0 Å². The molecule has 8 heteroatoms. The summed E-state index contributed by atoms with van der Waals surface area (Å²) >= 11 is 0. The number of nitrogens with zero attached hydrogens (tertiary/aromatic N) is 5. The van der Waals surface area contributed by atoms with E-state index in [4.69, 9.17) is 9.90 Å². The Morgan fingerprint density at radius 2 is 1.87 bits per heavy atom. The predicted molar refractivity (Wildman–Crippen MR) is 112 cm³/mol. The summed E-state index contributed by atoms with van der Waals surface area (Å²) in [6.07, 6.45) is 16.2. The van der Waals surface area contributed by atoms with Crippen molar-refractivity contribution < 1.29 is 15.0 Å². The zero-order valence-corrected chi connectivity index (χ0v) is 17.5. The van der Waals surface area contributed by atoms with E-state index in [1.807, 2.05) is 29.5 Å². The van der Waals surface area contributed by atoms with Gasteiger partial charge in [0.2, 0.25) is 0 Å². The molecule has 164 valence electrons. The largest absolute Gasteiger partial charge is 0.483 e. The number of likely N-dealkylation sites (tertiary alicyclic amines) is 1. The third-order valence-corrected chi connectivity index (χ3v) is 7.15. The molecule has 2 aromatic heterocycles. The maximum Gasteiger partial charge on any atom is 0.290 e. The van der Waals surface area contributed by atoms with Gasteiger partial charge in [-0.3, -0.25) is 14.4 Å². The first-order valence-electron chi connectivity index (χ1n) is 11.2. The summed E-state index contributed by atoms with van der Waals surface area (Å²) in [6.45, 7) is 2.97. The van der Waals surface area contributed by atoms with Crippen LogP contribution in [0.25, 0.3) is 0 Å². The van der Waals surface area contributed by atoms with Gasteiger partial charge in [0, 0.05) is 44.3 Å². The fraction of sp³-hybridized carbons (Fsp3) is 0.682. The van der Waals surface area contributed by atoms with Crippen molar-refractivity contribution >= 4 is 6.47 Å². The zero-order valence-electron chi connectivity index (χ0n) is 17.5. The average molecular weight is 416 g/mol. The monoisotopic (exact) mass is 415 g/mol. The molecule has 4 atom stereocenters. The zero-order chi connectivity index (χ0) is 20.9. The molecule has 1 saturated heterocycles. The number of aliphatic hydroxyl groups is 1. The van der Waals surface area contributed by atoms with E-state index in [9.17, 15) is 5.11 Å². The summed E-state index contributed by atoms with van der Waals surface area (Å²) in [5.41, 5.74) is 1.37. The number of hydrogen-bond donors (Lipinski definition) is 2. The average Bonchev–Trinajstić information content (AvgIpc) is 3.49. The van der Waals surface area contributed by atoms with Gasteiger partial charge in [-0.2, -0.15) is 5.10 Å². The Labute approximate surface area is 177 Å². The van der Waals surface area contributed by atoms with E-state index >= 15 is 0 Å². The Morgan fingerprint density at radius 3 is 2.57 bits per heavy atom. The highest BCUT2D eigenvalue weighted by atomic mass is 16.3. The molecule has 0 amide bonds. The molecule has 0 radical (unpaired) electrons. The van der Waals surface area contributed by atoms with E-state index in [2.05, 4.69) is 25.7 Å². The number of aliphatic hydroxyl groups excluding tert-OH is 1. The lowest BCUT2D eigenvalue weighted by Crippen LogP contribution is -2.36. The fourth-order valence-electron chi connectivity index (χ4n) is 5.77. The first kappa shape index (κ1) is 21.1. The van der Waals surface area contributed by atoms with Crippen molar-refractivity contribution in [3.8, 4) is 0 Å². The van der Waals surface area contributed by atoms with Gasteiger partial charge in [0.15, 0.2) is 0 Å². The number of carbonyl (C=O) groups is 1. The summed E-state index contributed by atoms with van der Waals surface area (Å²) < 4.78 is 4.41. The Bertz CT molecular complexity index is 787. The van der Waals surface area contributed by atoms with Gasteiger partial charge in [-0.25, -0.2) is 4.98 Å². The van der Waals surface area contributed by atoms with Gasteiger partial charge in [-0.05, 0) is 43.6 Å². The Balaban J connectivity index is 0.000000687. The Hall–Kier alpha value is -2.19. The van der Waals surface area contributed by atoms with Crippen molar-refractivity contribution in [2.24, 2.45) is 11.8 Å². The topological polar surface area (TPSA) is 96.4 Å². The highest BCUT2D eigenvalue weighted by Crippen LogP contribution is 2.41. The number of carboxylic acid groups (broad SMARTS) is 1. The minimum atomic E-state index is -0.279. The van der Waals surface area contributed by atoms with Crippen LogP contribution in [0.5, 0.6) is 0 Å². The Morgan fingerprint density at radius 1 is 1.13 bits per heavy atom. The van der Waals surface area contributed by atoms with Gasteiger partial charge >= 0.3 is 0 Å². The molecule has 3 aliphatic rings. The number of hydrogen-bond acceptors (Lipinski definition) is 5. The number of rotatable bonds is 4. The second-order valence-corrected chi connectivity index (χ2v) is 9.00. The van der Waals surface area contributed by atoms with Crippen molar-refractivity contribution in [3.63, 3.8) is 0 Å². The maximum absolute atomic E-state index is 10.7. The van der Waals surface area contributed by atoms with Crippen LogP contribution in [0, 0.1) is 11.8 Å². The smallest absolute Gasteiger partial charge is 0.290 e. The summed E-state index contributed by atoms with van der Waals surface area (Å²) in [6, 6.07) is 2.73. The Kier molecular flexibility index (Phi) is 6.84. The molecule has 8 nitrogen and oxygen atoms in total. The van der Waals surface area contributed by atoms with Crippen LogP contribution in [-0.2, 0) is 11.3 Å². The van der Waals surface area contributed by atoms with Gasteiger partial charge in [0.25, 0.3) is 6.47 Å². The lowest BCUT2D eigenvalue weighted by atomic mass is 9.77. The number of aromatic nitrogens is 4. The van der Waals surface area contributed by atoms with Crippen LogP contribution in [0.2, 0.25) is 0 Å². The maximum atomic E-state index is 10.7. The van der Waals surface area contributed by atoms with Gasteiger partial charge in [-0.15, -0.1) is 0 Å². The van der Waals surface area contributed by atoms with Crippen molar-refractivity contribution in [1.82, 2.24) is 24.2 Å². The van der Waals surface area contributed by atoms with Crippen LogP contribution in [0.1, 0.15) is 62.7 Å². The quantitative estimate of drug-likeness (QED) is 0.746. The van der Waals surface area contributed by atoms with Gasteiger partial charge in [0.05, 0.1) is 24.2 Å². The van der Waals surface area contributed by atoms with Gasteiger partial charge in [0.1, 0.15) is 0 Å². The SMILES string of the molecule is O=CO.O[C@@H]1C[C@H]2CN(Cc3cncn3C3CCCCC3)C[C@H]2C[C@H]1n1cccn1. The molecule has 30 heavy (non-hydrogen) atoms. The van der Waals surface area contributed by atoms with Crippen LogP contribution in [0.15, 0.2) is 31.0 Å². The first-order chi connectivity index (χ1) is 14.7. The van der Waals surface area contributed by atoms with Crippen molar-refractivity contribution in [1.29, 1.82) is 0 Å². The van der Waals surface area contributed by atoms with Crippen LogP contribution in [0.4, 0.5) is 0 Å². The molecule has 0 spiro atoms. The molecular formula is C22H33N5O3. The van der Waals surface area contributed by atoms with Crippen molar-refractivity contribution in [2.75, 3.05) is 13.1 Å². The van der Waals surface area contributed by atoms with Crippen LogP contribution in [0.3, 0.4) is 0 Å². The molecule has 0 aromatic carbocycles. The van der Waals surface area contributed by atoms with E-state index in [0.717, 1.165) is 32.5 Å². The minimum absolute atomic E-state index is 0.133. The van der Waals surface area contributed by atoms with Crippen molar-refractivity contribution in [2.45, 2.75) is 69.7 Å². The summed E-state index contributed by atoms with van der Waals surface area (Å²) in [4.78, 5) is 15.4. The predicted octanol–water partition coefficient (Wildman–Crippen LogP) is 2.73. The lowest BCUT2D eigenvalue weighted by Gasteiger charge is -2.35. The molecule has 5 rings (SSSR count). The summed E-state index contributed by atoms with van der Waals surface area (Å²) in [5.74, 6) is 1.27. The second kappa shape index (κ2) is 9.75. The molecule has 2 aliphatic carbocycles. The van der Waals surface area contributed by atoms with E-state index in [-0.39, 0.29) is 18.6 Å². The lowest BCUT2D eigenvalue weighted by molar-refractivity contribution is -0.122. The minimum Gasteiger partial charge on any atom is -0.483 e. The molecular weight excluding hydrogens is 382 g/mol. The number of fused-ring (bicyclic) bond motifs is 1. The van der Waals surface area contributed by atoms with Crippen molar-refractivity contribution in [3.05, 3.63) is 36.7 Å². The highest BCUT2D eigenvalue weighted by Gasteiger charge is 2.42. The standard InChI is InChI=1S/C21H31N5O.CH2O2/c27-21-10-17-13-24(12-16(17)9-20(21)26-8-4-7-23-26)14-19-11-22-15-25(19)18-5-2-1-3-6-18;2-1-3/h4,7-8,11,15-18,20-21,27H,1-3,5-6,9-10,12-14H2;1H,(H,2,3)/t16-,17+,20-,21-;/m1./s1. The molecule has 2 aromatic rings. The third kappa shape index (κ3) is 4.59. The van der Waals surface area contributed by atoms with Crippen LogP contribution < -0.4 is 0 Å².